The quantitative estimate of drug-likeness (QED) is 0.501. The normalized spacial score (nSPS) is 18.6. The maximum Gasteiger partial charge on any atom is 0.410 e. The van der Waals surface area contributed by atoms with Crippen LogP contribution in [-0.4, -0.2) is 47.2 Å². The van der Waals surface area contributed by atoms with E-state index in [1.165, 1.54) is 6.42 Å². The van der Waals surface area contributed by atoms with Crippen LogP contribution in [0.5, 0.6) is 0 Å². The molecule has 1 aliphatic heterocycles. The summed E-state index contributed by atoms with van der Waals surface area (Å²) in [6, 6.07) is 0. The first-order valence-corrected chi connectivity index (χ1v) is 9.47. The van der Waals surface area contributed by atoms with Gasteiger partial charge in [0.1, 0.15) is 5.60 Å². The lowest BCUT2D eigenvalue weighted by molar-refractivity contribution is -0.0698. The molecule has 1 saturated heterocycles. The molecular formula is C17H32BrNO3. The number of hydrogen-bond acceptors (Lipinski definition) is 3. The predicted molar refractivity (Wildman–Crippen MR) is 93.6 cm³/mol. The molecule has 4 nitrogen and oxygen atoms in total. The molecule has 1 amide bonds. The van der Waals surface area contributed by atoms with Crippen molar-refractivity contribution in [3.63, 3.8) is 0 Å². The van der Waals surface area contributed by atoms with Crippen LogP contribution in [0.25, 0.3) is 0 Å². The molecule has 0 saturated carbocycles. The summed E-state index contributed by atoms with van der Waals surface area (Å²) in [5.74, 6) is 0.720. The highest BCUT2D eigenvalue weighted by molar-refractivity contribution is 9.09. The smallest absolute Gasteiger partial charge is 0.410 e. The summed E-state index contributed by atoms with van der Waals surface area (Å²) < 4.78 is 11.6. The number of halogens is 1. The molecule has 0 aliphatic carbocycles. The monoisotopic (exact) mass is 377 g/mol. The number of amides is 1. The van der Waals surface area contributed by atoms with Gasteiger partial charge >= 0.3 is 6.09 Å². The molecule has 1 rings (SSSR count). The Morgan fingerprint density at radius 1 is 1.27 bits per heavy atom. The van der Waals surface area contributed by atoms with E-state index in [4.69, 9.17) is 9.47 Å². The van der Waals surface area contributed by atoms with Crippen molar-refractivity contribution in [1.82, 2.24) is 4.90 Å². The number of likely N-dealkylation sites (tertiary alicyclic amines) is 1. The van der Waals surface area contributed by atoms with E-state index in [1.807, 2.05) is 20.8 Å². The van der Waals surface area contributed by atoms with Gasteiger partial charge in [-0.05, 0) is 52.4 Å². The zero-order valence-electron chi connectivity index (χ0n) is 14.8. The SMILES string of the molecule is CC(C)CCCOC1(CBr)CCN(C(=O)OC(C)(C)C)CC1. The Morgan fingerprint density at radius 3 is 2.32 bits per heavy atom. The Balaban J connectivity index is 2.41. The minimum atomic E-state index is -0.436. The van der Waals surface area contributed by atoms with Crippen LogP contribution in [0.4, 0.5) is 4.79 Å². The van der Waals surface area contributed by atoms with Gasteiger partial charge in [0.05, 0.1) is 5.60 Å². The zero-order chi connectivity index (χ0) is 16.8. The average molecular weight is 378 g/mol. The molecule has 0 aromatic carbocycles. The molecule has 1 fully saturated rings. The number of ether oxygens (including phenoxy) is 2. The highest BCUT2D eigenvalue weighted by Crippen LogP contribution is 2.29. The van der Waals surface area contributed by atoms with E-state index >= 15 is 0 Å². The van der Waals surface area contributed by atoms with Gasteiger partial charge in [-0.15, -0.1) is 0 Å². The van der Waals surface area contributed by atoms with Crippen LogP contribution in [-0.2, 0) is 9.47 Å². The largest absolute Gasteiger partial charge is 0.444 e. The molecule has 1 aliphatic rings. The number of carbonyl (C=O) groups excluding carboxylic acids is 1. The van der Waals surface area contributed by atoms with E-state index in [2.05, 4.69) is 29.8 Å². The van der Waals surface area contributed by atoms with E-state index in [9.17, 15) is 4.79 Å². The Kier molecular flexibility index (Phi) is 7.66. The zero-order valence-corrected chi connectivity index (χ0v) is 16.4. The van der Waals surface area contributed by atoms with Crippen molar-refractivity contribution in [2.45, 2.75) is 71.5 Å². The van der Waals surface area contributed by atoms with Crippen LogP contribution in [0.3, 0.4) is 0 Å². The third-order valence-electron chi connectivity index (χ3n) is 3.90. The van der Waals surface area contributed by atoms with Gasteiger partial charge in [-0.2, -0.15) is 0 Å². The minimum absolute atomic E-state index is 0.129. The van der Waals surface area contributed by atoms with Crippen molar-refractivity contribution in [2.24, 2.45) is 5.92 Å². The Morgan fingerprint density at radius 2 is 1.86 bits per heavy atom. The molecule has 0 bridgehead atoms. The summed E-state index contributed by atoms with van der Waals surface area (Å²) in [4.78, 5) is 13.9. The fourth-order valence-corrected chi connectivity index (χ4v) is 3.24. The lowest BCUT2D eigenvalue weighted by atomic mass is 9.93. The number of carbonyl (C=O) groups is 1. The summed E-state index contributed by atoms with van der Waals surface area (Å²) in [5.41, 5.74) is -0.566. The number of alkyl halides is 1. The van der Waals surface area contributed by atoms with Crippen LogP contribution in [0.15, 0.2) is 0 Å². The van der Waals surface area contributed by atoms with Crippen molar-refractivity contribution in [1.29, 1.82) is 0 Å². The summed E-state index contributed by atoms with van der Waals surface area (Å²) in [6.45, 7) is 12.4. The first-order chi connectivity index (χ1) is 10.2. The highest BCUT2D eigenvalue weighted by atomic mass is 79.9. The van der Waals surface area contributed by atoms with Crippen molar-refractivity contribution in [3.05, 3.63) is 0 Å². The Hall–Kier alpha value is -0.290. The standard InChI is InChI=1S/C17H32BrNO3/c1-14(2)7-6-12-21-17(13-18)8-10-19(11-9-17)15(20)22-16(3,4)5/h14H,6-13H2,1-5H3. The Labute approximate surface area is 144 Å². The molecule has 0 atom stereocenters. The third kappa shape index (κ3) is 6.86. The van der Waals surface area contributed by atoms with Gasteiger partial charge in [0.15, 0.2) is 0 Å². The van der Waals surface area contributed by atoms with E-state index < -0.39 is 5.60 Å². The average Bonchev–Trinajstić information content (AvgIpc) is 2.42. The predicted octanol–water partition coefficient (Wildman–Crippen LogP) is 4.60. The Bertz CT molecular complexity index is 344. The topological polar surface area (TPSA) is 38.8 Å². The molecular weight excluding hydrogens is 346 g/mol. The van der Waals surface area contributed by atoms with Crippen LogP contribution in [0, 0.1) is 5.92 Å². The van der Waals surface area contributed by atoms with Gasteiger partial charge < -0.3 is 14.4 Å². The molecule has 0 unspecified atom stereocenters. The fourth-order valence-electron chi connectivity index (χ4n) is 2.52. The second kappa shape index (κ2) is 8.53. The third-order valence-corrected chi connectivity index (χ3v) is 4.93. The number of piperidine rings is 1. The van der Waals surface area contributed by atoms with Gasteiger partial charge in [0, 0.05) is 25.0 Å². The van der Waals surface area contributed by atoms with Gasteiger partial charge in [0.25, 0.3) is 0 Å². The number of rotatable bonds is 6. The summed E-state index contributed by atoms with van der Waals surface area (Å²) in [5, 5.41) is 0.823. The van der Waals surface area contributed by atoms with E-state index in [1.54, 1.807) is 4.90 Å². The maximum absolute atomic E-state index is 12.1. The summed E-state index contributed by atoms with van der Waals surface area (Å²) >= 11 is 3.60. The molecule has 5 heteroatoms. The van der Waals surface area contributed by atoms with Crippen LogP contribution in [0.2, 0.25) is 0 Å². The first-order valence-electron chi connectivity index (χ1n) is 8.35. The van der Waals surface area contributed by atoms with Crippen LogP contribution < -0.4 is 0 Å². The van der Waals surface area contributed by atoms with Gasteiger partial charge in [-0.3, -0.25) is 0 Å². The second-order valence-corrected chi connectivity index (χ2v) is 8.23. The second-order valence-electron chi connectivity index (χ2n) is 7.67. The maximum atomic E-state index is 12.1. The van der Waals surface area contributed by atoms with Gasteiger partial charge in [-0.1, -0.05) is 29.8 Å². The molecule has 0 spiro atoms. The molecule has 0 aromatic rings. The van der Waals surface area contributed by atoms with Crippen molar-refractivity contribution < 1.29 is 14.3 Å². The molecule has 0 radical (unpaired) electrons. The lowest BCUT2D eigenvalue weighted by Crippen LogP contribution is -2.50. The van der Waals surface area contributed by atoms with E-state index in [0.29, 0.717) is 13.1 Å². The molecule has 0 aromatic heterocycles. The highest BCUT2D eigenvalue weighted by Gasteiger charge is 2.37. The lowest BCUT2D eigenvalue weighted by Gasteiger charge is -2.41. The summed E-state index contributed by atoms with van der Waals surface area (Å²) in [7, 11) is 0. The first kappa shape index (κ1) is 19.8. The van der Waals surface area contributed by atoms with Crippen LogP contribution >= 0.6 is 15.9 Å². The molecule has 130 valence electrons. The molecule has 1 heterocycles. The van der Waals surface area contributed by atoms with Gasteiger partial charge in [0.2, 0.25) is 0 Å². The number of hydrogen-bond donors (Lipinski definition) is 0. The van der Waals surface area contributed by atoms with Crippen molar-refractivity contribution in [2.75, 3.05) is 25.0 Å². The fraction of sp³-hybridized carbons (Fsp3) is 0.941. The molecule has 22 heavy (non-hydrogen) atoms. The summed E-state index contributed by atoms with van der Waals surface area (Å²) in [6.07, 6.45) is 3.80. The van der Waals surface area contributed by atoms with Gasteiger partial charge in [-0.25, -0.2) is 4.79 Å². The van der Waals surface area contributed by atoms with E-state index in [-0.39, 0.29) is 11.7 Å². The van der Waals surface area contributed by atoms with Crippen molar-refractivity contribution >= 4 is 22.0 Å². The van der Waals surface area contributed by atoms with Crippen LogP contribution in [0.1, 0.15) is 60.3 Å². The number of nitrogens with zero attached hydrogens (tertiary/aromatic N) is 1. The molecule has 0 N–H and O–H groups in total. The van der Waals surface area contributed by atoms with E-state index in [0.717, 1.165) is 37.1 Å². The minimum Gasteiger partial charge on any atom is -0.444 e. The van der Waals surface area contributed by atoms with Crippen molar-refractivity contribution in [3.8, 4) is 0 Å².